The number of carbonyl (C=O) groups is 1. The van der Waals surface area contributed by atoms with Crippen molar-refractivity contribution in [2.75, 3.05) is 12.8 Å². The molecular weight excluding hydrogens is 258 g/mol. The van der Waals surface area contributed by atoms with Crippen LogP contribution in [0.25, 0.3) is 10.2 Å². The fourth-order valence-electron chi connectivity index (χ4n) is 2.27. The molecular formula is C14H19N3OS. The van der Waals surface area contributed by atoms with Crippen molar-refractivity contribution in [2.24, 2.45) is 0 Å². The number of aromatic nitrogens is 1. The summed E-state index contributed by atoms with van der Waals surface area (Å²) in [5, 5.41) is 0.869. The monoisotopic (exact) mass is 277 g/mol. The van der Waals surface area contributed by atoms with E-state index in [0.717, 1.165) is 23.1 Å². The number of anilines is 1. The minimum Gasteiger partial charge on any atom is -0.397 e. The lowest BCUT2D eigenvalue weighted by molar-refractivity contribution is 0.0729. The second-order valence-electron chi connectivity index (χ2n) is 4.59. The van der Waals surface area contributed by atoms with Crippen molar-refractivity contribution in [1.29, 1.82) is 0 Å². The number of nitrogen functional groups attached to an aromatic ring is 1. The molecule has 0 aliphatic carbocycles. The zero-order valence-electron chi connectivity index (χ0n) is 11.5. The topological polar surface area (TPSA) is 59.2 Å². The zero-order valence-corrected chi connectivity index (χ0v) is 12.3. The summed E-state index contributed by atoms with van der Waals surface area (Å²) in [6, 6.07) is 4.00. The summed E-state index contributed by atoms with van der Waals surface area (Å²) in [6.07, 6.45) is 3.61. The SMILES string of the molecule is CCC(CC)N(C)C(=O)c1sc2ncccc2c1N. The molecule has 0 radical (unpaired) electrons. The van der Waals surface area contributed by atoms with Gasteiger partial charge >= 0.3 is 0 Å². The van der Waals surface area contributed by atoms with Gasteiger partial charge in [0.05, 0.1) is 5.69 Å². The molecule has 2 rings (SSSR count). The summed E-state index contributed by atoms with van der Waals surface area (Å²) in [7, 11) is 1.84. The van der Waals surface area contributed by atoms with Crippen molar-refractivity contribution in [3.63, 3.8) is 0 Å². The lowest BCUT2D eigenvalue weighted by atomic mass is 10.1. The summed E-state index contributed by atoms with van der Waals surface area (Å²) in [5.41, 5.74) is 6.64. The summed E-state index contributed by atoms with van der Waals surface area (Å²) in [4.78, 5) is 20.0. The molecule has 2 aromatic rings. The molecule has 0 aliphatic heterocycles. The third-order valence-electron chi connectivity index (χ3n) is 3.51. The normalized spacial score (nSPS) is 11.2. The van der Waals surface area contributed by atoms with Gasteiger partial charge in [0.1, 0.15) is 9.71 Å². The Labute approximate surface area is 117 Å². The average Bonchev–Trinajstić information content (AvgIpc) is 2.77. The first-order valence-corrected chi connectivity index (χ1v) is 7.31. The Hall–Kier alpha value is -1.62. The highest BCUT2D eigenvalue weighted by Gasteiger charge is 2.23. The maximum atomic E-state index is 12.5. The molecule has 0 unspecified atom stereocenters. The molecule has 0 saturated carbocycles. The van der Waals surface area contributed by atoms with Crippen molar-refractivity contribution >= 4 is 33.1 Å². The molecule has 0 atom stereocenters. The Kier molecular flexibility index (Phi) is 4.04. The van der Waals surface area contributed by atoms with Crippen LogP contribution < -0.4 is 5.73 Å². The van der Waals surface area contributed by atoms with Crippen molar-refractivity contribution < 1.29 is 4.79 Å². The Morgan fingerprint density at radius 1 is 1.47 bits per heavy atom. The largest absolute Gasteiger partial charge is 0.397 e. The van der Waals surface area contributed by atoms with Gasteiger partial charge in [-0.1, -0.05) is 13.8 Å². The number of fused-ring (bicyclic) bond motifs is 1. The van der Waals surface area contributed by atoms with Gasteiger partial charge in [-0.15, -0.1) is 11.3 Å². The second-order valence-corrected chi connectivity index (χ2v) is 5.59. The van der Waals surface area contributed by atoms with Gasteiger partial charge in [0.15, 0.2) is 0 Å². The lowest BCUT2D eigenvalue weighted by Crippen LogP contribution is -2.36. The number of rotatable bonds is 4. The molecule has 0 fully saturated rings. The Balaban J connectivity index is 2.39. The van der Waals surface area contributed by atoms with Crippen LogP contribution in [-0.2, 0) is 0 Å². The molecule has 2 heterocycles. The van der Waals surface area contributed by atoms with E-state index in [0.29, 0.717) is 10.6 Å². The zero-order chi connectivity index (χ0) is 14.0. The summed E-state index contributed by atoms with van der Waals surface area (Å²) in [5.74, 6) is -0.00537. The standard InChI is InChI=1S/C14H19N3OS/c1-4-9(5-2)17(3)14(18)12-11(15)10-7-6-8-16-13(10)19-12/h6-9H,4-5,15H2,1-3H3. The minimum absolute atomic E-state index is 0.00537. The number of carbonyl (C=O) groups excluding carboxylic acids is 1. The van der Waals surface area contributed by atoms with Crippen molar-refractivity contribution in [3.05, 3.63) is 23.2 Å². The number of hydrogen-bond donors (Lipinski definition) is 1. The molecule has 2 aromatic heterocycles. The van der Waals surface area contributed by atoms with Gasteiger partial charge in [-0.25, -0.2) is 4.98 Å². The molecule has 0 spiro atoms. The summed E-state index contributed by atoms with van der Waals surface area (Å²) in [6.45, 7) is 4.18. The van der Waals surface area contributed by atoms with E-state index in [2.05, 4.69) is 18.8 Å². The van der Waals surface area contributed by atoms with E-state index in [-0.39, 0.29) is 11.9 Å². The van der Waals surface area contributed by atoms with Crippen LogP contribution in [0.4, 0.5) is 5.69 Å². The first-order valence-electron chi connectivity index (χ1n) is 6.50. The highest BCUT2D eigenvalue weighted by atomic mass is 32.1. The quantitative estimate of drug-likeness (QED) is 0.934. The average molecular weight is 277 g/mol. The minimum atomic E-state index is -0.00537. The predicted octanol–water partition coefficient (Wildman–Crippen LogP) is 3.14. The third kappa shape index (κ3) is 2.42. The Bertz CT molecular complexity index is 589. The van der Waals surface area contributed by atoms with E-state index >= 15 is 0 Å². The molecule has 0 aliphatic rings. The van der Waals surface area contributed by atoms with E-state index < -0.39 is 0 Å². The predicted molar refractivity (Wildman–Crippen MR) is 80.5 cm³/mol. The maximum Gasteiger partial charge on any atom is 0.266 e. The van der Waals surface area contributed by atoms with E-state index in [1.165, 1.54) is 11.3 Å². The summed E-state index contributed by atoms with van der Waals surface area (Å²) < 4.78 is 0. The van der Waals surface area contributed by atoms with Crippen molar-refractivity contribution in [1.82, 2.24) is 9.88 Å². The van der Waals surface area contributed by atoms with Crippen LogP contribution in [0, 0.1) is 0 Å². The molecule has 4 nitrogen and oxygen atoms in total. The smallest absolute Gasteiger partial charge is 0.266 e. The molecule has 0 aromatic carbocycles. The molecule has 1 amide bonds. The fraction of sp³-hybridized carbons (Fsp3) is 0.429. The van der Waals surface area contributed by atoms with Gasteiger partial charge in [0.25, 0.3) is 5.91 Å². The first-order chi connectivity index (χ1) is 9.10. The summed E-state index contributed by atoms with van der Waals surface area (Å²) >= 11 is 1.37. The van der Waals surface area contributed by atoms with E-state index in [1.54, 1.807) is 11.1 Å². The van der Waals surface area contributed by atoms with Crippen molar-refractivity contribution in [2.45, 2.75) is 32.7 Å². The van der Waals surface area contributed by atoms with Crippen LogP contribution in [-0.4, -0.2) is 28.9 Å². The van der Waals surface area contributed by atoms with Crippen LogP contribution in [0.2, 0.25) is 0 Å². The van der Waals surface area contributed by atoms with E-state index in [1.807, 2.05) is 19.2 Å². The fourth-order valence-corrected chi connectivity index (χ4v) is 3.32. The molecule has 5 heteroatoms. The van der Waals surface area contributed by atoms with Gasteiger partial charge in [0.2, 0.25) is 0 Å². The molecule has 102 valence electrons. The highest BCUT2D eigenvalue weighted by Crippen LogP contribution is 2.33. The van der Waals surface area contributed by atoms with Crippen LogP contribution >= 0.6 is 11.3 Å². The van der Waals surface area contributed by atoms with Crippen LogP contribution in [0.3, 0.4) is 0 Å². The van der Waals surface area contributed by atoms with Gasteiger partial charge in [-0.05, 0) is 25.0 Å². The molecule has 2 N–H and O–H groups in total. The molecule has 19 heavy (non-hydrogen) atoms. The van der Waals surface area contributed by atoms with Gasteiger partial charge in [-0.3, -0.25) is 4.79 Å². The number of hydrogen-bond acceptors (Lipinski definition) is 4. The maximum absolute atomic E-state index is 12.5. The number of nitrogens with zero attached hydrogens (tertiary/aromatic N) is 2. The number of nitrogens with two attached hydrogens (primary N) is 1. The van der Waals surface area contributed by atoms with E-state index in [9.17, 15) is 4.79 Å². The van der Waals surface area contributed by atoms with Crippen LogP contribution in [0.15, 0.2) is 18.3 Å². The van der Waals surface area contributed by atoms with Crippen LogP contribution in [0.5, 0.6) is 0 Å². The Morgan fingerprint density at radius 3 is 2.74 bits per heavy atom. The van der Waals surface area contributed by atoms with Gasteiger partial charge < -0.3 is 10.6 Å². The lowest BCUT2D eigenvalue weighted by Gasteiger charge is -2.25. The van der Waals surface area contributed by atoms with E-state index in [4.69, 9.17) is 5.73 Å². The Morgan fingerprint density at radius 2 is 2.16 bits per heavy atom. The number of amides is 1. The van der Waals surface area contributed by atoms with Gasteiger partial charge in [-0.2, -0.15) is 0 Å². The number of thiophene rings is 1. The van der Waals surface area contributed by atoms with Crippen molar-refractivity contribution in [3.8, 4) is 0 Å². The van der Waals surface area contributed by atoms with Crippen LogP contribution in [0.1, 0.15) is 36.4 Å². The van der Waals surface area contributed by atoms with Gasteiger partial charge in [0, 0.05) is 24.7 Å². The first kappa shape index (κ1) is 13.8. The highest BCUT2D eigenvalue weighted by molar-refractivity contribution is 7.21. The number of pyridine rings is 1. The third-order valence-corrected chi connectivity index (χ3v) is 4.63. The second kappa shape index (κ2) is 5.57. The molecule has 0 bridgehead atoms. The molecule has 0 saturated heterocycles.